The van der Waals surface area contributed by atoms with Crippen molar-refractivity contribution in [3.05, 3.63) is 71.8 Å². The van der Waals surface area contributed by atoms with Crippen molar-refractivity contribution in [3.63, 3.8) is 0 Å². The van der Waals surface area contributed by atoms with Gasteiger partial charge in [0.25, 0.3) is 0 Å². The van der Waals surface area contributed by atoms with Crippen LogP contribution in [0.25, 0.3) is 0 Å². The summed E-state index contributed by atoms with van der Waals surface area (Å²) in [6, 6.07) is 18.5. The Hall–Kier alpha value is -0.640. The Kier molecular flexibility index (Phi) is 6.61. The van der Waals surface area contributed by atoms with Crippen LogP contribution >= 0.6 is 0 Å². The summed E-state index contributed by atoms with van der Waals surface area (Å²) in [6.45, 7) is 0. The van der Waals surface area contributed by atoms with Crippen molar-refractivity contribution in [2.24, 2.45) is 0 Å². The summed E-state index contributed by atoms with van der Waals surface area (Å²) in [5, 5.41) is 21.9. The standard InChI is InChI=1S/C15H15O2.Na/c16-14(12-7-3-1-4-8-12)11-15(17)13-9-5-2-6-10-13;/h1-10,14-16H,11H2;/q-1;+1. The Bertz CT molecular complexity index is 401. The first-order valence-corrected chi connectivity index (χ1v) is 5.71. The molecule has 0 radical (unpaired) electrons. The molecule has 0 saturated carbocycles. The van der Waals surface area contributed by atoms with Crippen molar-refractivity contribution < 1.29 is 39.8 Å². The zero-order chi connectivity index (χ0) is 12.1. The molecule has 3 heteroatoms. The molecule has 1 N–H and O–H groups in total. The molecule has 88 valence electrons. The summed E-state index contributed by atoms with van der Waals surface area (Å²) in [5.74, 6) is 0. The predicted molar refractivity (Wildman–Crippen MR) is 65.2 cm³/mol. The molecule has 2 unspecified atom stereocenters. The number of hydrogen-bond acceptors (Lipinski definition) is 2. The van der Waals surface area contributed by atoms with Gasteiger partial charge in [-0.15, -0.1) is 0 Å². The van der Waals surface area contributed by atoms with Gasteiger partial charge in [0.2, 0.25) is 0 Å². The van der Waals surface area contributed by atoms with Gasteiger partial charge in [-0.3, -0.25) is 0 Å². The molecule has 0 aliphatic rings. The van der Waals surface area contributed by atoms with E-state index in [0.717, 1.165) is 11.1 Å². The van der Waals surface area contributed by atoms with Crippen LogP contribution in [-0.2, 0) is 0 Å². The van der Waals surface area contributed by atoms with Crippen LogP contribution < -0.4 is 34.7 Å². The van der Waals surface area contributed by atoms with Crippen molar-refractivity contribution in [2.75, 3.05) is 0 Å². The van der Waals surface area contributed by atoms with Gasteiger partial charge in [-0.05, 0) is 12.0 Å². The fraction of sp³-hybridized carbons (Fsp3) is 0.200. The molecule has 0 aliphatic heterocycles. The van der Waals surface area contributed by atoms with Crippen molar-refractivity contribution in [1.29, 1.82) is 0 Å². The average molecular weight is 250 g/mol. The molecule has 2 nitrogen and oxygen atoms in total. The van der Waals surface area contributed by atoms with Crippen LogP contribution in [-0.4, -0.2) is 5.11 Å². The topological polar surface area (TPSA) is 43.3 Å². The second kappa shape index (κ2) is 7.72. The number of rotatable bonds is 4. The van der Waals surface area contributed by atoms with Gasteiger partial charge in [-0.2, -0.15) is 0 Å². The molecule has 18 heavy (non-hydrogen) atoms. The molecule has 0 fully saturated rings. The van der Waals surface area contributed by atoms with Crippen molar-refractivity contribution in [3.8, 4) is 0 Å². The van der Waals surface area contributed by atoms with Gasteiger partial charge in [0.05, 0.1) is 6.10 Å². The molecule has 0 spiro atoms. The van der Waals surface area contributed by atoms with Crippen molar-refractivity contribution >= 4 is 0 Å². The van der Waals surface area contributed by atoms with E-state index in [0.29, 0.717) is 0 Å². The largest absolute Gasteiger partial charge is 1.00 e. The van der Waals surface area contributed by atoms with Gasteiger partial charge in [-0.25, -0.2) is 0 Å². The molecule has 2 aromatic rings. The average Bonchev–Trinajstić information content (AvgIpc) is 2.40. The van der Waals surface area contributed by atoms with Gasteiger partial charge < -0.3 is 10.2 Å². The third-order valence-electron chi connectivity index (χ3n) is 2.79. The molecule has 0 saturated heterocycles. The van der Waals surface area contributed by atoms with Gasteiger partial charge in [0.15, 0.2) is 0 Å². The minimum absolute atomic E-state index is 0. The first kappa shape index (κ1) is 15.4. The van der Waals surface area contributed by atoms with Crippen molar-refractivity contribution in [2.45, 2.75) is 18.6 Å². The second-order valence-electron chi connectivity index (χ2n) is 4.06. The Morgan fingerprint density at radius 1 is 0.833 bits per heavy atom. The minimum Gasteiger partial charge on any atom is -0.848 e. The van der Waals surface area contributed by atoms with Crippen molar-refractivity contribution in [1.82, 2.24) is 0 Å². The molecular weight excluding hydrogens is 235 g/mol. The first-order chi connectivity index (χ1) is 8.27. The maximum Gasteiger partial charge on any atom is 1.00 e. The van der Waals surface area contributed by atoms with E-state index in [1.54, 1.807) is 12.1 Å². The van der Waals surface area contributed by atoms with E-state index < -0.39 is 12.2 Å². The number of aliphatic hydroxyl groups excluding tert-OH is 1. The number of aliphatic hydroxyl groups is 1. The van der Waals surface area contributed by atoms with Crippen LogP contribution in [0.5, 0.6) is 0 Å². The number of benzene rings is 2. The Labute approximate surface area is 130 Å². The smallest absolute Gasteiger partial charge is 0.848 e. The van der Waals surface area contributed by atoms with E-state index in [1.165, 1.54) is 0 Å². The van der Waals surface area contributed by atoms with Crippen LogP contribution in [0.15, 0.2) is 60.7 Å². The monoisotopic (exact) mass is 250 g/mol. The van der Waals surface area contributed by atoms with Crippen LogP contribution in [0.3, 0.4) is 0 Å². The molecule has 0 heterocycles. The summed E-state index contributed by atoms with van der Waals surface area (Å²) < 4.78 is 0. The molecule has 0 bridgehead atoms. The third-order valence-corrected chi connectivity index (χ3v) is 2.79. The third kappa shape index (κ3) is 4.23. The van der Waals surface area contributed by atoms with Gasteiger partial charge in [-0.1, -0.05) is 72.3 Å². The zero-order valence-corrected chi connectivity index (χ0v) is 12.5. The maximum absolute atomic E-state index is 12.0. The summed E-state index contributed by atoms with van der Waals surface area (Å²) in [4.78, 5) is 0. The number of hydrogen-bond donors (Lipinski definition) is 1. The summed E-state index contributed by atoms with van der Waals surface area (Å²) in [5.41, 5.74) is 1.52. The minimum atomic E-state index is -0.883. The van der Waals surface area contributed by atoms with Crippen LogP contribution in [0, 0.1) is 0 Å². The van der Waals surface area contributed by atoms with E-state index >= 15 is 0 Å². The quantitative estimate of drug-likeness (QED) is 0.723. The van der Waals surface area contributed by atoms with E-state index in [9.17, 15) is 10.2 Å². The van der Waals surface area contributed by atoms with E-state index in [4.69, 9.17) is 0 Å². The molecule has 0 aliphatic carbocycles. The Balaban J connectivity index is 0.00000162. The molecule has 2 atom stereocenters. The van der Waals surface area contributed by atoms with Gasteiger partial charge in [0.1, 0.15) is 0 Å². The summed E-state index contributed by atoms with van der Waals surface area (Å²) in [7, 11) is 0. The van der Waals surface area contributed by atoms with Crippen LogP contribution in [0.2, 0.25) is 0 Å². The van der Waals surface area contributed by atoms with Crippen LogP contribution in [0.1, 0.15) is 29.8 Å². The first-order valence-electron chi connectivity index (χ1n) is 5.71. The zero-order valence-electron chi connectivity index (χ0n) is 10.5. The van der Waals surface area contributed by atoms with Crippen LogP contribution in [0.4, 0.5) is 0 Å². The normalized spacial score (nSPS) is 13.4. The Morgan fingerprint density at radius 3 is 1.78 bits per heavy atom. The SMILES string of the molecule is [Na+].[O-]C(CC(O)c1ccccc1)c1ccccc1. The molecule has 2 rings (SSSR count). The fourth-order valence-electron chi connectivity index (χ4n) is 1.82. The van der Waals surface area contributed by atoms with E-state index in [1.807, 2.05) is 48.5 Å². The van der Waals surface area contributed by atoms with E-state index in [2.05, 4.69) is 0 Å². The molecular formula is C15H15NaO2. The van der Waals surface area contributed by atoms with Gasteiger partial charge in [0, 0.05) is 0 Å². The maximum atomic E-state index is 12.0. The predicted octanol–water partition coefficient (Wildman–Crippen LogP) is -0.784. The molecule has 2 aromatic carbocycles. The summed E-state index contributed by atoms with van der Waals surface area (Å²) in [6.07, 6.45) is -1.38. The second-order valence-corrected chi connectivity index (χ2v) is 4.06. The van der Waals surface area contributed by atoms with Gasteiger partial charge >= 0.3 is 29.6 Å². The molecule has 0 aromatic heterocycles. The fourth-order valence-corrected chi connectivity index (χ4v) is 1.82. The van der Waals surface area contributed by atoms with E-state index in [-0.39, 0.29) is 36.0 Å². The Morgan fingerprint density at radius 2 is 1.28 bits per heavy atom. The summed E-state index contributed by atoms with van der Waals surface area (Å²) >= 11 is 0. The molecule has 0 amide bonds.